The fraction of sp³-hybridized carbons (Fsp3) is 0.214. The molecule has 0 aliphatic carbocycles. The van der Waals surface area contributed by atoms with Crippen LogP contribution >= 0.6 is 34.4 Å². The summed E-state index contributed by atoms with van der Waals surface area (Å²) in [6.07, 6.45) is 0. The van der Waals surface area contributed by atoms with Gasteiger partial charge in [0.05, 0.1) is 16.7 Å². The predicted molar refractivity (Wildman–Crippen MR) is 91.3 cm³/mol. The third-order valence-corrected chi connectivity index (χ3v) is 5.68. The van der Waals surface area contributed by atoms with Gasteiger partial charge < -0.3 is 5.32 Å². The number of amides is 1. The Balaban J connectivity index is 1.51. The summed E-state index contributed by atoms with van der Waals surface area (Å²) in [6, 6.07) is 7.98. The van der Waals surface area contributed by atoms with Crippen LogP contribution in [0, 0.1) is 0 Å². The molecule has 3 rings (SSSR count). The largest absolute Gasteiger partial charge is 0.348 e. The number of rotatable bonds is 6. The van der Waals surface area contributed by atoms with Crippen molar-refractivity contribution in [2.75, 3.05) is 5.75 Å². The van der Waals surface area contributed by atoms with Gasteiger partial charge in [-0.05, 0) is 29.8 Å². The Bertz CT molecular complexity index is 721. The normalized spacial score (nSPS) is 12.2. The molecule has 0 aliphatic heterocycles. The molecule has 22 heavy (non-hydrogen) atoms. The molecule has 1 atom stereocenters. The van der Waals surface area contributed by atoms with Crippen molar-refractivity contribution in [2.24, 2.45) is 0 Å². The zero-order valence-corrected chi connectivity index (χ0v) is 14.2. The highest BCUT2D eigenvalue weighted by Gasteiger charge is 2.12. The van der Waals surface area contributed by atoms with Crippen LogP contribution in [0.3, 0.4) is 0 Å². The van der Waals surface area contributed by atoms with Gasteiger partial charge in [-0.3, -0.25) is 9.89 Å². The summed E-state index contributed by atoms with van der Waals surface area (Å²) in [7, 11) is 0. The topological polar surface area (TPSA) is 70.7 Å². The summed E-state index contributed by atoms with van der Waals surface area (Å²) >= 11 is 4.57. The maximum Gasteiger partial charge on any atom is 0.230 e. The van der Waals surface area contributed by atoms with E-state index in [1.165, 1.54) is 11.8 Å². The van der Waals surface area contributed by atoms with E-state index in [1.807, 2.05) is 41.9 Å². The van der Waals surface area contributed by atoms with Crippen LogP contribution in [0.5, 0.6) is 0 Å². The highest BCUT2D eigenvalue weighted by molar-refractivity contribution is 7.99. The fourth-order valence-electron chi connectivity index (χ4n) is 1.86. The van der Waals surface area contributed by atoms with Gasteiger partial charge in [-0.1, -0.05) is 23.9 Å². The molecule has 1 amide bonds. The number of H-pyrrole nitrogens is 1. The second-order valence-electron chi connectivity index (χ2n) is 4.54. The second-order valence-corrected chi connectivity index (χ2v) is 7.41. The molecule has 114 valence electrons. The van der Waals surface area contributed by atoms with Gasteiger partial charge in [0.25, 0.3) is 0 Å². The molecule has 8 heteroatoms. The lowest BCUT2D eigenvalue weighted by Gasteiger charge is -2.11. The van der Waals surface area contributed by atoms with Gasteiger partial charge in [0.2, 0.25) is 11.1 Å². The standard InChI is InChI=1S/C14H14N4OS3/c1-9(10-4-2-6-20-10)15-12(19)8-22-14-16-13(17-18-14)11-5-3-7-21-11/h2-7,9H,8H2,1H3,(H,15,19)(H,16,17,18)/t9-/m0/s1. The van der Waals surface area contributed by atoms with Crippen molar-refractivity contribution in [1.29, 1.82) is 0 Å². The zero-order valence-electron chi connectivity index (χ0n) is 11.8. The molecular formula is C14H14N4OS3. The third-order valence-electron chi connectivity index (χ3n) is 2.90. The molecule has 0 aromatic carbocycles. The second kappa shape index (κ2) is 7.08. The molecule has 0 fully saturated rings. The van der Waals surface area contributed by atoms with Crippen molar-refractivity contribution in [3.05, 3.63) is 39.9 Å². The maximum atomic E-state index is 12.0. The number of hydrogen-bond acceptors (Lipinski definition) is 6. The average molecular weight is 350 g/mol. The van der Waals surface area contributed by atoms with Crippen molar-refractivity contribution in [3.8, 4) is 10.7 Å². The first-order valence-electron chi connectivity index (χ1n) is 6.64. The molecule has 5 nitrogen and oxygen atoms in total. The van der Waals surface area contributed by atoms with Crippen molar-refractivity contribution in [3.63, 3.8) is 0 Å². The van der Waals surface area contributed by atoms with Gasteiger partial charge in [0, 0.05) is 4.88 Å². The van der Waals surface area contributed by atoms with Crippen LogP contribution in [0.2, 0.25) is 0 Å². The molecule has 0 saturated heterocycles. The first kappa shape index (κ1) is 15.3. The molecule has 0 saturated carbocycles. The number of thiophene rings is 2. The SMILES string of the molecule is C[C@H](NC(=O)CSc1n[nH]c(-c2cccs2)n1)c1cccs1. The van der Waals surface area contributed by atoms with Gasteiger partial charge in [0.1, 0.15) is 0 Å². The molecule has 0 aliphatic rings. The highest BCUT2D eigenvalue weighted by Crippen LogP contribution is 2.23. The summed E-state index contributed by atoms with van der Waals surface area (Å²) in [4.78, 5) is 18.5. The minimum absolute atomic E-state index is 0.0200. The lowest BCUT2D eigenvalue weighted by Crippen LogP contribution is -2.27. The van der Waals surface area contributed by atoms with E-state index in [1.54, 1.807) is 22.7 Å². The Kier molecular flexibility index (Phi) is 4.91. The van der Waals surface area contributed by atoms with E-state index in [0.29, 0.717) is 10.9 Å². The first-order valence-corrected chi connectivity index (χ1v) is 9.38. The number of nitrogens with one attached hydrogen (secondary N) is 2. The van der Waals surface area contributed by atoms with Gasteiger partial charge in [-0.15, -0.1) is 27.8 Å². The van der Waals surface area contributed by atoms with Crippen LogP contribution in [0.4, 0.5) is 0 Å². The number of aromatic nitrogens is 3. The summed E-state index contributed by atoms with van der Waals surface area (Å²) in [5, 5.41) is 14.6. The number of thioether (sulfide) groups is 1. The van der Waals surface area contributed by atoms with E-state index < -0.39 is 0 Å². The molecule has 0 bridgehead atoms. The van der Waals surface area contributed by atoms with E-state index in [4.69, 9.17) is 0 Å². The predicted octanol–water partition coefficient (Wildman–Crippen LogP) is 3.56. The van der Waals surface area contributed by atoms with Crippen LogP contribution in [0.25, 0.3) is 10.7 Å². The van der Waals surface area contributed by atoms with Crippen LogP contribution in [0.15, 0.2) is 40.2 Å². The molecule has 0 spiro atoms. The Morgan fingerprint density at radius 2 is 2.18 bits per heavy atom. The van der Waals surface area contributed by atoms with Crippen molar-refractivity contribution < 1.29 is 4.79 Å². The molecule has 3 aromatic heterocycles. The first-order chi connectivity index (χ1) is 10.7. The van der Waals surface area contributed by atoms with Gasteiger partial charge in [-0.25, -0.2) is 4.98 Å². The Hall–Kier alpha value is -1.64. The lowest BCUT2D eigenvalue weighted by atomic mass is 10.3. The van der Waals surface area contributed by atoms with Gasteiger partial charge in [-0.2, -0.15) is 0 Å². The van der Waals surface area contributed by atoms with E-state index in [2.05, 4.69) is 20.5 Å². The van der Waals surface area contributed by atoms with Crippen LogP contribution in [-0.2, 0) is 4.79 Å². The third kappa shape index (κ3) is 3.76. The number of nitrogens with zero attached hydrogens (tertiary/aromatic N) is 2. The molecule has 0 unspecified atom stereocenters. The minimum Gasteiger partial charge on any atom is -0.348 e. The number of hydrogen-bond donors (Lipinski definition) is 2. The highest BCUT2D eigenvalue weighted by atomic mass is 32.2. The Morgan fingerprint density at radius 3 is 2.91 bits per heavy atom. The number of carbonyl (C=O) groups is 1. The average Bonchev–Trinajstić information content (AvgIpc) is 3.25. The molecule has 3 aromatic rings. The van der Waals surface area contributed by atoms with Crippen molar-refractivity contribution >= 4 is 40.3 Å². The number of aromatic amines is 1. The van der Waals surface area contributed by atoms with Crippen LogP contribution in [0.1, 0.15) is 17.8 Å². The monoisotopic (exact) mass is 350 g/mol. The van der Waals surface area contributed by atoms with Crippen LogP contribution in [-0.4, -0.2) is 26.8 Å². The quantitative estimate of drug-likeness (QED) is 0.667. The van der Waals surface area contributed by atoms with Crippen LogP contribution < -0.4 is 5.32 Å². The van der Waals surface area contributed by atoms with Gasteiger partial charge in [0.15, 0.2) is 5.82 Å². The smallest absolute Gasteiger partial charge is 0.230 e. The summed E-state index contributed by atoms with van der Waals surface area (Å²) < 4.78 is 0. The molecule has 2 N–H and O–H groups in total. The number of carbonyl (C=O) groups excluding carboxylic acids is 1. The molecule has 3 heterocycles. The van der Waals surface area contributed by atoms with E-state index in [-0.39, 0.29) is 11.9 Å². The summed E-state index contributed by atoms with van der Waals surface area (Å²) in [6.45, 7) is 1.98. The fourth-order valence-corrected chi connectivity index (χ4v) is 3.86. The Morgan fingerprint density at radius 1 is 1.36 bits per heavy atom. The summed E-state index contributed by atoms with van der Waals surface area (Å²) in [5.74, 6) is 1.02. The van der Waals surface area contributed by atoms with Gasteiger partial charge >= 0.3 is 0 Å². The van der Waals surface area contributed by atoms with E-state index in [0.717, 1.165) is 15.6 Å². The molecule has 0 radical (unpaired) electrons. The zero-order chi connectivity index (χ0) is 15.4. The van der Waals surface area contributed by atoms with E-state index in [9.17, 15) is 4.79 Å². The van der Waals surface area contributed by atoms with Crippen molar-refractivity contribution in [1.82, 2.24) is 20.5 Å². The minimum atomic E-state index is -0.0200. The molecular weight excluding hydrogens is 336 g/mol. The Labute approximate surface area is 140 Å². The van der Waals surface area contributed by atoms with E-state index >= 15 is 0 Å². The lowest BCUT2D eigenvalue weighted by molar-refractivity contribution is -0.119. The summed E-state index contributed by atoms with van der Waals surface area (Å²) in [5.41, 5.74) is 0. The van der Waals surface area contributed by atoms with Crippen molar-refractivity contribution in [2.45, 2.75) is 18.1 Å². The maximum absolute atomic E-state index is 12.0.